The molecular formula is C29H44Br2O2. The van der Waals surface area contributed by atoms with E-state index in [9.17, 15) is 0 Å². The SMILES string of the molecule is C=C/C=C/C(C)(CC)CC(C)(C)Oc1cc(Br)c(OC(C)(C)CC(C)(/C=C/C)CC)cc1Br. The van der Waals surface area contributed by atoms with Crippen molar-refractivity contribution in [2.45, 2.75) is 99.2 Å². The summed E-state index contributed by atoms with van der Waals surface area (Å²) in [5.74, 6) is 1.61. The van der Waals surface area contributed by atoms with Crippen molar-refractivity contribution in [1.29, 1.82) is 0 Å². The van der Waals surface area contributed by atoms with Gasteiger partial charge in [0.1, 0.15) is 22.7 Å². The average Bonchev–Trinajstić information content (AvgIpc) is 2.69. The van der Waals surface area contributed by atoms with Crippen LogP contribution in [0.1, 0.15) is 88.0 Å². The van der Waals surface area contributed by atoms with E-state index in [-0.39, 0.29) is 22.0 Å². The Morgan fingerprint density at radius 2 is 1.18 bits per heavy atom. The third-order valence-electron chi connectivity index (χ3n) is 6.24. The van der Waals surface area contributed by atoms with Gasteiger partial charge in [-0.15, -0.1) is 0 Å². The highest BCUT2D eigenvalue weighted by atomic mass is 79.9. The van der Waals surface area contributed by atoms with Crippen LogP contribution < -0.4 is 9.47 Å². The van der Waals surface area contributed by atoms with E-state index in [0.29, 0.717) is 0 Å². The van der Waals surface area contributed by atoms with Gasteiger partial charge < -0.3 is 9.47 Å². The maximum atomic E-state index is 6.50. The molecule has 0 fully saturated rings. The minimum atomic E-state index is -0.352. The summed E-state index contributed by atoms with van der Waals surface area (Å²) in [5, 5.41) is 0. The van der Waals surface area contributed by atoms with Crippen LogP contribution in [0.5, 0.6) is 11.5 Å². The van der Waals surface area contributed by atoms with Gasteiger partial charge >= 0.3 is 0 Å². The summed E-state index contributed by atoms with van der Waals surface area (Å²) in [4.78, 5) is 0. The molecule has 33 heavy (non-hydrogen) atoms. The lowest BCUT2D eigenvalue weighted by Gasteiger charge is -2.37. The van der Waals surface area contributed by atoms with Crippen LogP contribution in [0.25, 0.3) is 0 Å². The van der Waals surface area contributed by atoms with Crippen molar-refractivity contribution in [3.8, 4) is 11.5 Å². The van der Waals surface area contributed by atoms with Crippen LogP contribution in [0.4, 0.5) is 0 Å². The van der Waals surface area contributed by atoms with Gasteiger partial charge in [0, 0.05) is 0 Å². The second-order valence-electron chi connectivity index (χ2n) is 10.9. The molecular weight excluding hydrogens is 540 g/mol. The van der Waals surface area contributed by atoms with Crippen molar-refractivity contribution in [3.05, 3.63) is 58.0 Å². The molecule has 0 heterocycles. The van der Waals surface area contributed by atoms with Crippen molar-refractivity contribution in [2.24, 2.45) is 10.8 Å². The molecule has 0 aromatic heterocycles. The van der Waals surface area contributed by atoms with Crippen LogP contribution in [-0.4, -0.2) is 11.2 Å². The number of hydrogen-bond donors (Lipinski definition) is 0. The lowest BCUT2D eigenvalue weighted by molar-refractivity contribution is 0.0584. The molecule has 1 rings (SSSR count). The molecule has 0 aliphatic heterocycles. The molecule has 0 N–H and O–H groups in total. The highest BCUT2D eigenvalue weighted by Gasteiger charge is 2.33. The summed E-state index contributed by atoms with van der Waals surface area (Å²) in [5.41, 5.74) is -0.544. The third kappa shape index (κ3) is 9.64. The van der Waals surface area contributed by atoms with E-state index in [1.165, 1.54) is 0 Å². The maximum absolute atomic E-state index is 6.50. The molecule has 0 saturated carbocycles. The van der Waals surface area contributed by atoms with Gasteiger partial charge in [-0.25, -0.2) is 0 Å². The molecule has 0 bridgehead atoms. The summed E-state index contributed by atoms with van der Waals surface area (Å²) in [7, 11) is 0. The minimum Gasteiger partial charge on any atom is -0.487 e. The van der Waals surface area contributed by atoms with Gasteiger partial charge in [0.2, 0.25) is 0 Å². The highest BCUT2D eigenvalue weighted by molar-refractivity contribution is 9.11. The van der Waals surface area contributed by atoms with Crippen LogP contribution in [0.3, 0.4) is 0 Å². The number of rotatable bonds is 13. The van der Waals surface area contributed by atoms with Gasteiger partial charge in [-0.2, -0.15) is 0 Å². The topological polar surface area (TPSA) is 18.5 Å². The zero-order valence-electron chi connectivity index (χ0n) is 22.1. The van der Waals surface area contributed by atoms with Crippen LogP contribution in [0.2, 0.25) is 0 Å². The first-order valence-corrected chi connectivity index (χ1v) is 13.5. The first-order chi connectivity index (χ1) is 15.1. The molecule has 2 unspecified atom stereocenters. The Bertz CT molecular complexity index is 853. The molecule has 4 heteroatoms. The lowest BCUT2D eigenvalue weighted by atomic mass is 9.77. The monoisotopic (exact) mass is 582 g/mol. The summed E-state index contributed by atoms with van der Waals surface area (Å²) in [6.45, 7) is 23.5. The fraction of sp³-hybridized carbons (Fsp3) is 0.586. The Morgan fingerprint density at radius 1 is 0.788 bits per heavy atom. The quantitative estimate of drug-likeness (QED) is 0.170. The molecule has 2 nitrogen and oxygen atoms in total. The Kier molecular flexibility index (Phi) is 11.0. The summed E-state index contributed by atoms with van der Waals surface area (Å²) in [6.07, 6.45) is 14.4. The van der Waals surface area contributed by atoms with Crippen molar-refractivity contribution in [2.75, 3.05) is 0 Å². The molecule has 186 valence electrons. The zero-order valence-corrected chi connectivity index (χ0v) is 25.3. The van der Waals surface area contributed by atoms with Crippen molar-refractivity contribution in [3.63, 3.8) is 0 Å². The summed E-state index contributed by atoms with van der Waals surface area (Å²) >= 11 is 7.43. The average molecular weight is 584 g/mol. The molecule has 0 radical (unpaired) electrons. The predicted molar refractivity (Wildman–Crippen MR) is 151 cm³/mol. The minimum absolute atomic E-state index is 0.0351. The van der Waals surface area contributed by atoms with E-state index < -0.39 is 0 Å². The third-order valence-corrected chi connectivity index (χ3v) is 7.48. The highest BCUT2D eigenvalue weighted by Crippen LogP contribution is 2.43. The molecule has 2 atom stereocenters. The van der Waals surface area contributed by atoms with Gasteiger partial charge in [0.05, 0.1) is 8.95 Å². The fourth-order valence-corrected chi connectivity index (χ4v) is 5.39. The Morgan fingerprint density at radius 3 is 1.52 bits per heavy atom. The number of hydrogen-bond acceptors (Lipinski definition) is 2. The first-order valence-electron chi connectivity index (χ1n) is 11.9. The van der Waals surface area contributed by atoms with Crippen LogP contribution >= 0.6 is 31.9 Å². The smallest absolute Gasteiger partial charge is 0.135 e. The zero-order chi connectivity index (χ0) is 25.5. The summed E-state index contributed by atoms with van der Waals surface area (Å²) in [6, 6.07) is 4.01. The molecule has 0 aliphatic carbocycles. The Balaban J connectivity index is 3.09. The van der Waals surface area contributed by atoms with Crippen LogP contribution in [0, 0.1) is 10.8 Å². The predicted octanol–water partition coefficient (Wildman–Crippen LogP) is 10.5. The molecule has 1 aromatic rings. The van der Waals surface area contributed by atoms with E-state index in [0.717, 1.165) is 46.1 Å². The van der Waals surface area contributed by atoms with Crippen molar-refractivity contribution < 1.29 is 9.47 Å². The van der Waals surface area contributed by atoms with Gasteiger partial charge in [-0.1, -0.05) is 64.7 Å². The van der Waals surface area contributed by atoms with Gasteiger partial charge in [0.15, 0.2) is 0 Å². The van der Waals surface area contributed by atoms with E-state index in [4.69, 9.17) is 9.47 Å². The Hall–Kier alpha value is -1.000. The van der Waals surface area contributed by atoms with Crippen molar-refractivity contribution in [1.82, 2.24) is 0 Å². The van der Waals surface area contributed by atoms with Gasteiger partial charge in [-0.3, -0.25) is 0 Å². The van der Waals surface area contributed by atoms with Crippen LogP contribution in [-0.2, 0) is 0 Å². The van der Waals surface area contributed by atoms with Gasteiger partial charge in [-0.05, 0) is 115 Å². The molecule has 0 amide bonds. The number of allylic oxidation sites excluding steroid dienone is 5. The second kappa shape index (κ2) is 12.1. The molecule has 0 aliphatic rings. The van der Waals surface area contributed by atoms with E-state index in [1.807, 2.05) is 24.3 Å². The number of ether oxygens (including phenoxy) is 2. The van der Waals surface area contributed by atoms with Gasteiger partial charge in [0.25, 0.3) is 0 Å². The molecule has 0 saturated heterocycles. The maximum Gasteiger partial charge on any atom is 0.135 e. The first kappa shape index (κ1) is 30.0. The molecule has 1 aromatic carbocycles. The van der Waals surface area contributed by atoms with E-state index in [2.05, 4.69) is 119 Å². The van der Waals surface area contributed by atoms with Crippen molar-refractivity contribution >= 4 is 31.9 Å². The Labute approximate surface area is 220 Å². The van der Waals surface area contributed by atoms with E-state index in [1.54, 1.807) is 0 Å². The molecule has 0 spiro atoms. The fourth-order valence-electron chi connectivity index (χ4n) is 4.59. The number of benzene rings is 1. The summed E-state index contributed by atoms with van der Waals surface area (Å²) < 4.78 is 14.8. The largest absolute Gasteiger partial charge is 0.487 e. The number of halogens is 2. The van der Waals surface area contributed by atoms with E-state index >= 15 is 0 Å². The standard InChI is InChI=1S/C29H44Br2O2/c1-11-15-17-29(10,14-4)21-27(7,8)33-25-19-22(30)24(18-23(25)31)32-26(5,6)20-28(9,13-3)16-12-2/h11-12,15-19H,1,13-14,20-21H2,2-10H3/b16-12+,17-15+. The lowest BCUT2D eigenvalue weighted by Crippen LogP contribution is -2.35. The normalized spacial score (nSPS) is 16.6. The second-order valence-corrected chi connectivity index (χ2v) is 12.6. The van der Waals surface area contributed by atoms with Crippen LogP contribution in [0.15, 0.2) is 58.0 Å².